The second-order valence-corrected chi connectivity index (χ2v) is 4.90. The lowest BCUT2D eigenvalue weighted by atomic mass is 10.2. The van der Waals surface area contributed by atoms with Gasteiger partial charge in [-0.3, -0.25) is 4.79 Å². The summed E-state index contributed by atoms with van der Waals surface area (Å²) >= 11 is 0. The highest BCUT2D eigenvalue weighted by atomic mass is 16.5. The van der Waals surface area contributed by atoms with Gasteiger partial charge in [0.15, 0.2) is 0 Å². The van der Waals surface area contributed by atoms with Crippen molar-refractivity contribution in [2.75, 3.05) is 13.2 Å². The van der Waals surface area contributed by atoms with Crippen LogP contribution < -0.4 is 5.43 Å². The van der Waals surface area contributed by atoms with Crippen LogP contribution in [0.3, 0.4) is 0 Å². The van der Waals surface area contributed by atoms with E-state index in [4.69, 9.17) is 9.47 Å². The Balaban J connectivity index is 2.65. The lowest BCUT2D eigenvalue weighted by Crippen LogP contribution is -2.26. The molecule has 0 bridgehead atoms. The van der Waals surface area contributed by atoms with Gasteiger partial charge in [0.1, 0.15) is 16.9 Å². The Kier molecular flexibility index (Phi) is 5.47. The fraction of sp³-hybridized carbons (Fsp3) is 0.294. The molecular formula is C17H18N2O5. The molecule has 7 nitrogen and oxygen atoms in total. The first-order chi connectivity index (χ1) is 11.5. The number of carbonyl (C=O) groups excluding carboxylic acids is 2. The molecule has 0 amide bonds. The third kappa shape index (κ3) is 3.68. The molecule has 0 radical (unpaired) electrons. The molecule has 126 valence electrons. The minimum Gasteiger partial charge on any atom is -0.462 e. The highest BCUT2D eigenvalue weighted by molar-refractivity contribution is 5.94. The average molecular weight is 330 g/mol. The zero-order chi connectivity index (χ0) is 17.7. The monoisotopic (exact) mass is 330 g/mol. The van der Waals surface area contributed by atoms with E-state index >= 15 is 0 Å². The molecule has 0 saturated carbocycles. The number of pyridine rings is 2. The van der Waals surface area contributed by atoms with E-state index in [0.29, 0.717) is 5.82 Å². The molecule has 0 fully saturated rings. The SMILES string of the molecule is CCOC(=O)c1cn(-c2cccc(C)n2)cc(C(=O)OCC)c1=O. The largest absolute Gasteiger partial charge is 0.462 e. The second-order valence-electron chi connectivity index (χ2n) is 4.90. The van der Waals surface area contributed by atoms with Crippen LogP contribution in [-0.2, 0) is 9.47 Å². The van der Waals surface area contributed by atoms with Gasteiger partial charge in [-0.2, -0.15) is 0 Å². The molecule has 0 aromatic carbocycles. The average Bonchev–Trinajstić information content (AvgIpc) is 2.55. The highest BCUT2D eigenvalue weighted by Gasteiger charge is 2.21. The minimum absolute atomic E-state index is 0.116. The zero-order valence-electron chi connectivity index (χ0n) is 13.7. The molecule has 0 aliphatic rings. The minimum atomic E-state index is -0.796. The van der Waals surface area contributed by atoms with Crippen molar-refractivity contribution >= 4 is 11.9 Å². The molecule has 0 unspecified atom stereocenters. The molecular weight excluding hydrogens is 312 g/mol. The number of aromatic nitrogens is 2. The van der Waals surface area contributed by atoms with Gasteiger partial charge in [-0.25, -0.2) is 14.6 Å². The maximum Gasteiger partial charge on any atom is 0.343 e. The lowest BCUT2D eigenvalue weighted by molar-refractivity contribution is 0.0520. The Labute approximate surface area is 138 Å². The van der Waals surface area contributed by atoms with Crippen LogP contribution >= 0.6 is 0 Å². The van der Waals surface area contributed by atoms with Crippen LogP contribution in [-0.4, -0.2) is 34.7 Å². The van der Waals surface area contributed by atoms with Gasteiger partial charge >= 0.3 is 11.9 Å². The van der Waals surface area contributed by atoms with Gasteiger partial charge in [-0.05, 0) is 32.9 Å². The van der Waals surface area contributed by atoms with Crippen molar-refractivity contribution < 1.29 is 19.1 Å². The molecule has 2 aromatic heterocycles. The van der Waals surface area contributed by atoms with Crippen molar-refractivity contribution in [2.45, 2.75) is 20.8 Å². The van der Waals surface area contributed by atoms with E-state index in [1.54, 1.807) is 26.0 Å². The Bertz CT molecular complexity index is 784. The first kappa shape index (κ1) is 17.4. The molecule has 0 aliphatic heterocycles. The fourth-order valence-corrected chi connectivity index (χ4v) is 2.09. The Morgan fingerprint density at radius 1 is 1.04 bits per heavy atom. The highest BCUT2D eigenvalue weighted by Crippen LogP contribution is 2.09. The fourth-order valence-electron chi connectivity index (χ4n) is 2.09. The molecule has 0 atom stereocenters. The van der Waals surface area contributed by atoms with Crippen molar-refractivity contribution in [3.05, 3.63) is 57.6 Å². The van der Waals surface area contributed by atoms with E-state index in [9.17, 15) is 14.4 Å². The summed E-state index contributed by atoms with van der Waals surface area (Å²) in [5.41, 5.74) is -0.464. The molecule has 0 saturated heterocycles. The molecule has 2 heterocycles. The van der Waals surface area contributed by atoms with Crippen molar-refractivity contribution in [3.63, 3.8) is 0 Å². The number of hydrogen-bond acceptors (Lipinski definition) is 6. The number of carbonyl (C=O) groups is 2. The van der Waals surface area contributed by atoms with Crippen LogP contribution in [0.1, 0.15) is 40.3 Å². The smallest absolute Gasteiger partial charge is 0.343 e. The Morgan fingerprint density at radius 2 is 1.58 bits per heavy atom. The van der Waals surface area contributed by atoms with Crippen LogP contribution in [0.2, 0.25) is 0 Å². The van der Waals surface area contributed by atoms with E-state index in [1.165, 1.54) is 17.0 Å². The number of ether oxygens (including phenoxy) is 2. The molecule has 2 aromatic rings. The first-order valence-electron chi connectivity index (χ1n) is 7.52. The van der Waals surface area contributed by atoms with Crippen molar-refractivity contribution in [1.82, 2.24) is 9.55 Å². The van der Waals surface area contributed by atoms with Gasteiger partial charge in [-0.1, -0.05) is 6.07 Å². The normalized spacial score (nSPS) is 10.3. The van der Waals surface area contributed by atoms with Gasteiger partial charge < -0.3 is 14.0 Å². The van der Waals surface area contributed by atoms with Crippen LogP contribution in [0.25, 0.3) is 5.82 Å². The lowest BCUT2D eigenvalue weighted by Gasteiger charge is -2.11. The topological polar surface area (TPSA) is 87.5 Å². The molecule has 0 aliphatic carbocycles. The van der Waals surface area contributed by atoms with Gasteiger partial charge in [0.05, 0.1) is 13.2 Å². The van der Waals surface area contributed by atoms with Crippen LogP contribution in [0.4, 0.5) is 0 Å². The Hall–Kier alpha value is -2.96. The summed E-state index contributed by atoms with van der Waals surface area (Å²) in [6.07, 6.45) is 2.62. The second kappa shape index (κ2) is 7.54. The zero-order valence-corrected chi connectivity index (χ0v) is 13.7. The summed E-state index contributed by atoms with van der Waals surface area (Å²) < 4.78 is 11.2. The summed E-state index contributed by atoms with van der Waals surface area (Å²) in [7, 11) is 0. The summed E-state index contributed by atoms with van der Waals surface area (Å²) in [6, 6.07) is 5.29. The van der Waals surface area contributed by atoms with Crippen molar-refractivity contribution in [3.8, 4) is 5.82 Å². The van der Waals surface area contributed by atoms with Crippen molar-refractivity contribution in [2.24, 2.45) is 0 Å². The van der Waals surface area contributed by atoms with E-state index in [-0.39, 0.29) is 24.3 Å². The number of nitrogens with zero attached hydrogens (tertiary/aromatic N) is 2. The third-order valence-electron chi connectivity index (χ3n) is 3.15. The first-order valence-corrected chi connectivity index (χ1v) is 7.52. The standard InChI is InChI=1S/C17H18N2O5/c1-4-23-16(21)12-9-19(14-8-6-7-11(3)18-14)10-13(15(12)20)17(22)24-5-2/h6-10H,4-5H2,1-3H3. The van der Waals surface area contributed by atoms with E-state index < -0.39 is 17.4 Å². The predicted octanol–water partition coefficient (Wildman–Crippen LogP) is 1.89. The number of rotatable bonds is 5. The van der Waals surface area contributed by atoms with E-state index in [2.05, 4.69) is 4.98 Å². The Morgan fingerprint density at radius 3 is 2.04 bits per heavy atom. The number of esters is 2. The number of hydrogen-bond donors (Lipinski definition) is 0. The van der Waals surface area contributed by atoms with Gasteiger partial charge in [0.25, 0.3) is 0 Å². The maximum absolute atomic E-state index is 12.4. The molecule has 7 heteroatoms. The maximum atomic E-state index is 12.4. The molecule has 24 heavy (non-hydrogen) atoms. The van der Waals surface area contributed by atoms with Crippen LogP contribution in [0.15, 0.2) is 35.4 Å². The third-order valence-corrected chi connectivity index (χ3v) is 3.15. The molecule has 0 spiro atoms. The van der Waals surface area contributed by atoms with E-state index in [0.717, 1.165) is 5.69 Å². The summed E-state index contributed by atoms with van der Waals surface area (Å²) in [5, 5.41) is 0. The summed E-state index contributed by atoms with van der Waals surface area (Å²) in [4.78, 5) is 40.8. The predicted molar refractivity (Wildman–Crippen MR) is 86.5 cm³/mol. The summed E-state index contributed by atoms with van der Waals surface area (Å²) in [6.45, 7) is 5.31. The van der Waals surface area contributed by atoms with Gasteiger partial charge in [0.2, 0.25) is 5.43 Å². The van der Waals surface area contributed by atoms with E-state index in [1.807, 2.05) is 13.0 Å². The van der Waals surface area contributed by atoms with Crippen molar-refractivity contribution in [1.29, 1.82) is 0 Å². The summed E-state index contributed by atoms with van der Waals surface area (Å²) in [5.74, 6) is -1.13. The van der Waals surface area contributed by atoms with Gasteiger partial charge in [-0.15, -0.1) is 0 Å². The van der Waals surface area contributed by atoms with Crippen LogP contribution in [0.5, 0.6) is 0 Å². The number of aryl methyl sites for hydroxylation is 1. The molecule has 2 rings (SSSR count). The quantitative estimate of drug-likeness (QED) is 0.778. The van der Waals surface area contributed by atoms with Gasteiger partial charge in [0, 0.05) is 18.1 Å². The molecule has 0 N–H and O–H groups in total. The van der Waals surface area contributed by atoms with Crippen LogP contribution in [0, 0.1) is 6.92 Å².